The lowest BCUT2D eigenvalue weighted by atomic mass is 10.1. The van der Waals surface area contributed by atoms with Gasteiger partial charge in [0, 0.05) is 5.69 Å². The Morgan fingerprint density at radius 1 is 1.06 bits per heavy atom. The van der Waals surface area contributed by atoms with E-state index in [4.69, 9.17) is 23.2 Å². The minimum absolute atomic E-state index is 0.127. The molecular formula is C12H9Cl2NO. The van der Waals surface area contributed by atoms with Crippen molar-refractivity contribution in [3.63, 3.8) is 0 Å². The minimum atomic E-state index is -0.335. The average Bonchev–Trinajstić information content (AvgIpc) is 2.32. The molecule has 0 amide bonds. The first-order valence-electron chi connectivity index (χ1n) is 4.74. The van der Waals surface area contributed by atoms with Gasteiger partial charge in [0.2, 0.25) is 5.43 Å². The maximum atomic E-state index is 11.7. The minimum Gasteiger partial charge on any atom is -0.356 e. The van der Waals surface area contributed by atoms with Crippen LogP contribution < -0.4 is 5.43 Å². The van der Waals surface area contributed by atoms with Gasteiger partial charge in [-0.2, -0.15) is 0 Å². The number of nitrogens with one attached hydrogen (secondary N) is 1. The fourth-order valence-corrected chi connectivity index (χ4v) is 1.92. The van der Waals surface area contributed by atoms with E-state index in [1.807, 2.05) is 30.3 Å². The summed E-state index contributed by atoms with van der Waals surface area (Å²) >= 11 is 11.8. The maximum Gasteiger partial charge on any atom is 0.219 e. The number of aromatic amines is 1. The molecule has 0 aliphatic rings. The van der Waals surface area contributed by atoms with Crippen LogP contribution in [-0.2, 0) is 0 Å². The van der Waals surface area contributed by atoms with Crippen molar-refractivity contribution in [2.45, 2.75) is 6.92 Å². The van der Waals surface area contributed by atoms with Crippen LogP contribution in [0.3, 0.4) is 0 Å². The number of H-pyrrole nitrogens is 1. The first-order chi connectivity index (χ1) is 7.61. The Morgan fingerprint density at radius 3 is 2.31 bits per heavy atom. The van der Waals surface area contributed by atoms with E-state index in [2.05, 4.69) is 4.98 Å². The molecule has 1 heterocycles. The van der Waals surface area contributed by atoms with Gasteiger partial charge in [0.15, 0.2) is 0 Å². The second-order valence-electron chi connectivity index (χ2n) is 3.45. The third-order valence-corrected chi connectivity index (χ3v) is 3.14. The molecule has 82 valence electrons. The zero-order chi connectivity index (χ0) is 11.7. The van der Waals surface area contributed by atoms with Gasteiger partial charge in [0.25, 0.3) is 0 Å². The van der Waals surface area contributed by atoms with Crippen LogP contribution in [0.5, 0.6) is 0 Å². The van der Waals surface area contributed by atoms with Crippen molar-refractivity contribution in [2.24, 2.45) is 0 Å². The third-order valence-electron chi connectivity index (χ3n) is 2.32. The SMILES string of the molecule is Cc1[nH]c(-c2ccccc2)c(Cl)c(=O)c1Cl. The summed E-state index contributed by atoms with van der Waals surface area (Å²) in [6.45, 7) is 1.74. The van der Waals surface area contributed by atoms with Gasteiger partial charge in [-0.25, -0.2) is 0 Å². The molecule has 0 aliphatic heterocycles. The molecule has 1 aromatic carbocycles. The summed E-state index contributed by atoms with van der Waals surface area (Å²) in [4.78, 5) is 14.7. The number of hydrogen-bond acceptors (Lipinski definition) is 1. The Morgan fingerprint density at radius 2 is 1.69 bits per heavy atom. The summed E-state index contributed by atoms with van der Waals surface area (Å²) in [5.74, 6) is 0. The number of pyridine rings is 1. The zero-order valence-corrected chi connectivity index (χ0v) is 10.1. The summed E-state index contributed by atoms with van der Waals surface area (Å²) < 4.78 is 0. The van der Waals surface area contributed by atoms with E-state index in [-0.39, 0.29) is 15.5 Å². The Balaban J connectivity index is 2.73. The first kappa shape index (κ1) is 11.2. The molecule has 0 saturated carbocycles. The van der Waals surface area contributed by atoms with E-state index in [0.717, 1.165) is 5.56 Å². The molecule has 0 aliphatic carbocycles. The summed E-state index contributed by atoms with van der Waals surface area (Å²) in [5.41, 5.74) is 1.76. The molecule has 0 atom stereocenters. The van der Waals surface area contributed by atoms with Crippen LogP contribution in [0.4, 0.5) is 0 Å². The van der Waals surface area contributed by atoms with Crippen molar-refractivity contribution in [3.05, 3.63) is 56.3 Å². The Hall–Kier alpha value is -1.25. The fraction of sp³-hybridized carbons (Fsp3) is 0.0833. The van der Waals surface area contributed by atoms with Gasteiger partial charge in [-0.15, -0.1) is 0 Å². The molecule has 0 spiro atoms. The highest BCUT2D eigenvalue weighted by molar-refractivity contribution is 6.36. The molecule has 0 unspecified atom stereocenters. The lowest BCUT2D eigenvalue weighted by molar-refractivity contribution is 1.19. The first-order valence-corrected chi connectivity index (χ1v) is 5.50. The monoisotopic (exact) mass is 253 g/mol. The molecule has 0 saturated heterocycles. The molecule has 0 radical (unpaired) electrons. The smallest absolute Gasteiger partial charge is 0.219 e. The van der Waals surface area contributed by atoms with Crippen LogP contribution in [0.1, 0.15) is 5.69 Å². The van der Waals surface area contributed by atoms with Gasteiger partial charge in [-0.05, 0) is 12.5 Å². The highest BCUT2D eigenvalue weighted by Crippen LogP contribution is 2.25. The van der Waals surface area contributed by atoms with Crippen LogP contribution >= 0.6 is 23.2 Å². The fourth-order valence-electron chi connectivity index (χ4n) is 1.48. The van der Waals surface area contributed by atoms with Crippen LogP contribution in [0.25, 0.3) is 11.3 Å². The molecule has 2 nitrogen and oxygen atoms in total. The highest BCUT2D eigenvalue weighted by atomic mass is 35.5. The lowest BCUT2D eigenvalue weighted by Crippen LogP contribution is -2.08. The van der Waals surface area contributed by atoms with Crippen molar-refractivity contribution in [3.8, 4) is 11.3 Å². The van der Waals surface area contributed by atoms with Crippen LogP contribution in [0.2, 0.25) is 10.0 Å². The summed E-state index contributed by atoms with van der Waals surface area (Å²) in [7, 11) is 0. The summed E-state index contributed by atoms with van der Waals surface area (Å²) in [5, 5.41) is 0.270. The predicted molar refractivity (Wildman–Crippen MR) is 67.3 cm³/mol. The molecule has 4 heteroatoms. The quantitative estimate of drug-likeness (QED) is 0.827. The van der Waals surface area contributed by atoms with Gasteiger partial charge in [-0.3, -0.25) is 4.79 Å². The number of aryl methyl sites for hydroxylation is 1. The molecule has 2 aromatic rings. The second kappa shape index (κ2) is 4.32. The van der Waals surface area contributed by atoms with Gasteiger partial charge in [0.1, 0.15) is 10.0 Å². The summed E-state index contributed by atoms with van der Waals surface area (Å²) in [6.07, 6.45) is 0. The van der Waals surface area contributed by atoms with Crippen molar-refractivity contribution < 1.29 is 0 Å². The third kappa shape index (κ3) is 1.86. The van der Waals surface area contributed by atoms with E-state index < -0.39 is 0 Å². The van der Waals surface area contributed by atoms with Crippen LogP contribution in [-0.4, -0.2) is 4.98 Å². The maximum absolute atomic E-state index is 11.7. The standard InChI is InChI=1S/C12H9Cl2NO/c1-7-9(13)12(16)10(14)11(15-7)8-5-3-2-4-6-8/h2-6H,1H3,(H,15,16). The average molecular weight is 254 g/mol. The molecule has 2 rings (SSSR count). The number of rotatable bonds is 1. The normalized spacial score (nSPS) is 10.4. The van der Waals surface area contributed by atoms with E-state index in [1.54, 1.807) is 6.92 Å². The van der Waals surface area contributed by atoms with E-state index in [9.17, 15) is 4.79 Å². The number of benzene rings is 1. The van der Waals surface area contributed by atoms with Crippen molar-refractivity contribution in [1.29, 1.82) is 0 Å². The van der Waals surface area contributed by atoms with Crippen molar-refractivity contribution >= 4 is 23.2 Å². The zero-order valence-electron chi connectivity index (χ0n) is 8.55. The Kier molecular flexibility index (Phi) is 3.03. The van der Waals surface area contributed by atoms with E-state index in [0.29, 0.717) is 11.4 Å². The highest BCUT2D eigenvalue weighted by Gasteiger charge is 2.12. The number of aromatic nitrogens is 1. The Bertz CT molecular complexity index is 576. The number of hydrogen-bond donors (Lipinski definition) is 1. The van der Waals surface area contributed by atoms with E-state index >= 15 is 0 Å². The molecule has 1 N–H and O–H groups in total. The molecule has 16 heavy (non-hydrogen) atoms. The second-order valence-corrected chi connectivity index (χ2v) is 4.20. The van der Waals surface area contributed by atoms with Crippen molar-refractivity contribution in [1.82, 2.24) is 4.98 Å². The number of halogens is 2. The van der Waals surface area contributed by atoms with Gasteiger partial charge >= 0.3 is 0 Å². The largest absolute Gasteiger partial charge is 0.356 e. The molecule has 1 aromatic heterocycles. The van der Waals surface area contributed by atoms with Crippen molar-refractivity contribution in [2.75, 3.05) is 0 Å². The van der Waals surface area contributed by atoms with Gasteiger partial charge in [0.05, 0.1) is 5.69 Å². The van der Waals surface area contributed by atoms with Gasteiger partial charge in [-0.1, -0.05) is 53.5 Å². The molecular weight excluding hydrogens is 245 g/mol. The van der Waals surface area contributed by atoms with Crippen LogP contribution in [0.15, 0.2) is 35.1 Å². The van der Waals surface area contributed by atoms with Gasteiger partial charge < -0.3 is 4.98 Å². The predicted octanol–water partition coefficient (Wildman–Crippen LogP) is 3.66. The Labute approximate surface area is 103 Å². The topological polar surface area (TPSA) is 32.9 Å². The summed E-state index contributed by atoms with van der Waals surface area (Å²) in [6, 6.07) is 9.43. The van der Waals surface area contributed by atoms with E-state index in [1.165, 1.54) is 0 Å². The lowest BCUT2D eigenvalue weighted by Gasteiger charge is -2.07. The molecule has 0 bridgehead atoms. The van der Waals surface area contributed by atoms with Crippen LogP contribution in [0, 0.1) is 6.92 Å². The molecule has 0 fully saturated rings.